The van der Waals surface area contributed by atoms with Gasteiger partial charge in [0.05, 0.1) is 6.10 Å². The van der Waals surface area contributed by atoms with E-state index in [-0.39, 0.29) is 6.10 Å². The van der Waals surface area contributed by atoms with Gasteiger partial charge in [-0.2, -0.15) is 0 Å². The summed E-state index contributed by atoms with van der Waals surface area (Å²) in [4.78, 5) is 0. The fourth-order valence-electron chi connectivity index (χ4n) is 1.24. The number of para-hydroxylation sites is 1. The number of hydrogen-bond acceptors (Lipinski definition) is 3. The van der Waals surface area contributed by atoms with E-state index in [9.17, 15) is 5.11 Å². The first-order valence-electron chi connectivity index (χ1n) is 5.00. The molecule has 3 nitrogen and oxygen atoms in total. The molecule has 0 amide bonds. The summed E-state index contributed by atoms with van der Waals surface area (Å²) in [5.74, 6) is 0. The van der Waals surface area contributed by atoms with Crippen molar-refractivity contribution in [1.29, 1.82) is 0 Å². The SMILES string of the molecule is NCC(O)CCCNc1ccccc1. The molecule has 0 heterocycles. The summed E-state index contributed by atoms with van der Waals surface area (Å²) < 4.78 is 0. The Labute approximate surface area is 84.9 Å². The first-order chi connectivity index (χ1) is 6.83. The molecule has 0 aliphatic carbocycles. The van der Waals surface area contributed by atoms with Crippen LogP contribution < -0.4 is 11.1 Å². The summed E-state index contributed by atoms with van der Waals surface area (Å²) in [6.45, 7) is 1.23. The number of aliphatic hydroxyl groups excluding tert-OH is 1. The Kier molecular flexibility index (Phi) is 5.04. The standard InChI is InChI=1S/C11H18N2O/c12-9-11(14)7-4-8-13-10-5-2-1-3-6-10/h1-3,5-6,11,13-14H,4,7-9,12H2. The lowest BCUT2D eigenvalue weighted by atomic mass is 10.2. The van der Waals surface area contributed by atoms with Crippen molar-refractivity contribution in [2.24, 2.45) is 5.73 Å². The summed E-state index contributed by atoms with van der Waals surface area (Å²) in [6.07, 6.45) is 1.34. The van der Waals surface area contributed by atoms with Gasteiger partial charge in [-0.15, -0.1) is 0 Å². The number of aliphatic hydroxyl groups is 1. The van der Waals surface area contributed by atoms with Gasteiger partial charge in [0.25, 0.3) is 0 Å². The Bertz CT molecular complexity index is 238. The van der Waals surface area contributed by atoms with E-state index >= 15 is 0 Å². The predicted molar refractivity (Wildman–Crippen MR) is 59.2 cm³/mol. The maximum Gasteiger partial charge on any atom is 0.0663 e. The lowest BCUT2D eigenvalue weighted by Crippen LogP contribution is -2.20. The average Bonchev–Trinajstić information content (AvgIpc) is 2.25. The van der Waals surface area contributed by atoms with Crippen LogP contribution in [0.5, 0.6) is 0 Å². The Morgan fingerprint density at radius 3 is 2.64 bits per heavy atom. The largest absolute Gasteiger partial charge is 0.392 e. The monoisotopic (exact) mass is 194 g/mol. The fraction of sp³-hybridized carbons (Fsp3) is 0.455. The van der Waals surface area contributed by atoms with E-state index in [2.05, 4.69) is 5.32 Å². The van der Waals surface area contributed by atoms with Crippen LogP contribution in [0.1, 0.15) is 12.8 Å². The number of anilines is 1. The molecular formula is C11H18N2O. The maximum absolute atomic E-state index is 9.20. The van der Waals surface area contributed by atoms with Crippen molar-refractivity contribution in [3.63, 3.8) is 0 Å². The second-order valence-corrected chi connectivity index (χ2v) is 3.32. The second kappa shape index (κ2) is 6.40. The van der Waals surface area contributed by atoms with Gasteiger partial charge in [0, 0.05) is 18.8 Å². The second-order valence-electron chi connectivity index (χ2n) is 3.32. The third-order valence-electron chi connectivity index (χ3n) is 2.09. The molecule has 3 heteroatoms. The Balaban J connectivity index is 2.10. The van der Waals surface area contributed by atoms with Gasteiger partial charge in [-0.1, -0.05) is 18.2 Å². The molecule has 0 radical (unpaired) electrons. The van der Waals surface area contributed by atoms with Crippen molar-refractivity contribution in [3.8, 4) is 0 Å². The Morgan fingerprint density at radius 2 is 2.00 bits per heavy atom. The summed E-state index contributed by atoms with van der Waals surface area (Å²) in [5.41, 5.74) is 6.42. The first kappa shape index (κ1) is 11.0. The molecule has 4 N–H and O–H groups in total. The molecule has 1 aromatic carbocycles. The van der Waals surface area contributed by atoms with Crippen molar-refractivity contribution < 1.29 is 5.11 Å². The zero-order valence-electron chi connectivity index (χ0n) is 8.32. The van der Waals surface area contributed by atoms with Gasteiger partial charge in [-0.25, -0.2) is 0 Å². The minimum Gasteiger partial charge on any atom is -0.392 e. The molecule has 1 rings (SSSR count). The van der Waals surface area contributed by atoms with Crippen molar-refractivity contribution in [2.45, 2.75) is 18.9 Å². The normalized spacial score (nSPS) is 12.4. The summed E-state index contributed by atoms with van der Waals surface area (Å²) in [7, 11) is 0. The summed E-state index contributed by atoms with van der Waals surface area (Å²) in [5, 5.41) is 12.5. The Morgan fingerprint density at radius 1 is 1.29 bits per heavy atom. The van der Waals surface area contributed by atoms with E-state index in [1.54, 1.807) is 0 Å². The number of rotatable bonds is 6. The highest BCUT2D eigenvalue weighted by atomic mass is 16.3. The molecule has 78 valence electrons. The van der Waals surface area contributed by atoms with Crippen molar-refractivity contribution in [1.82, 2.24) is 0 Å². The predicted octanol–water partition coefficient (Wildman–Crippen LogP) is 1.20. The molecule has 0 bridgehead atoms. The van der Waals surface area contributed by atoms with E-state index in [0.29, 0.717) is 6.54 Å². The van der Waals surface area contributed by atoms with Crippen molar-refractivity contribution in [2.75, 3.05) is 18.4 Å². The number of hydrogen-bond donors (Lipinski definition) is 3. The molecule has 14 heavy (non-hydrogen) atoms. The molecule has 1 atom stereocenters. The highest BCUT2D eigenvalue weighted by Gasteiger charge is 1.99. The lowest BCUT2D eigenvalue weighted by Gasteiger charge is -2.08. The van der Waals surface area contributed by atoms with Crippen LogP contribution in [-0.4, -0.2) is 24.3 Å². The minimum absolute atomic E-state index is 0.353. The van der Waals surface area contributed by atoms with Crippen LogP contribution in [0.2, 0.25) is 0 Å². The molecule has 0 saturated heterocycles. The number of benzene rings is 1. The van der Waals surface area contributed by atoms with Crippen LogP contribution in [0.25, 0.3) is 0 Å². The van der Waals surface area contributed by atoms with E-state index in [0.717, 1.165) is 25.1 Å². The van der Waals surface area contributed by atoms with Gasteiger partial charge in [0.15, 0.2) is 0 Å². The van der Waals surface area contributed by atoms with Gasteiger partial charge in [0.1, 0.15) is 0 Å². The molecule has 0 fully saturated rings. The molecule has 0 spiro atoms. The topological polar surface area (TPSA) is 58.3 Å². The molecule has 1 unspecified atom stereocenters. The molecule has 0 aliphatic heterocycles. The van der Waals surface area contributed by atoms with E-state index in [4.69, 9.17) is 5.73 Å². The summed E-state index contributed by atoms with van der Waals surface area (Å²) >= 11 is 0. The molecular weight excluding hydrogens is 176 g/mol. The van der Waals surface area contributed by atoms with Crippen LogP contribution >= 0.6 is 0 Å². The quantitative estimate of drug-likeness (QED) is 0.596. The first-order valence-corrected chi connectivity index (χ1v) is 5.00. The Hall–Kier alpha value is -1.06. The zero-order valence-corrected chi connectivity index (χ0v) is 8.32. The molecule has 0 aromatic heterocycles. The van der Waals surface area contributed by atoms with Crippen LogP contribution in [-0.2, 0) is 0 Å². The third kappa shape index (κ3) is 4.25. The van der Waals surface area contributed by atoms with Gasteiger partial charge in [-0.05, 0) is 25.0 Å². The molecule has 0 saturated carbocycles. The average molecular weight is 194 g/mol. The van der Waals surface area contributed by atoms with Crippen LogP contribution in [0.3, 0.4) is 0 Å². The highest BCUT2D eigenvalue weighted by Crippen LogP contribution is 2.05. The van der Waals surface area contributed by atoms with Crippen LogP contribution in [0.4, 0.5) is 5.69 Å². The summed E-state index contributed by atoms with van der Waals surface area (Å²) in [6, 6.07) is 10.0. The smallest absolute Gasteiger partial charge is 0.0663 e. The fourth-order valence-corrected chi connectivity index (χ4v) is 1.24. The van der Waals surface area contributed by atoms with Gasteiger partial charge in [-0.3, -0.25) is 0 Å². The van der Waals surface area contributed by atoms with E-state index < -0.39 is 0 Å². The van der Waals surface area contributed by atoms with E-state index in [1.165, 1.54) is 0 Å². The van der Waals surface area contributed by atoms with Gasteiger partial charge in [0.2, 0.25) is 0 Å². The molecule has 0 aliphatic rings. The van der Waals surface area contributed by atoms with Crippen LogP contribution in [0.15, 0.2) is 30.3 Å². The van der Waals surface area contributed by atoms with Gasteiger partial charge >= 0.3 is 0 Å². The highest BCUT2D eigenvalue weighted by molar-refractivity contribution is 5.42. The van der Waals surface area contributed by atoms with E-state index in [1.807, 2.05) is 30.3 Å². The number of nitrogens with one attached hydrogen (secondary N) is 1. The molecule has 1 aromatic rings. The third-order valence-corrected chi connectivity index (χ3v) is 2.09. The van der Waals surface area contributed by atoms with Crippen molar-refractivity contribution >= 4 is 5.69 Å². The van der Waals surface area contributed by atoms with Gasteiger partial charge < -0.3 is 16.2 Å². The van der Waals surface area contributed by atoms with Crippen molar-refractivity contribution in [3.05, 3.63) is 30.3 Å². The number of nitrogens with two attached hydrogens (primary N) is 1. The maximum atomic E-state index is 9.20. The zero-order chi connectivity index (χ0) is 10.2. The minimum atomic E-state index is -0.354. The lowest BCUT2D eigenvalue weighted by molar-refractivity contribution is 0.171. The van der Waals surface area contributed by atoms with Crippen LogP contribution in [0, 0.1) is 0 Å².